The minimum absolute atomic E-state index is 0.128. The Morgan fingerprint density at radius 2 is 2.14 bits per heavy atom. The van der Waals surface area contributed by atoms with E-state index in [1.54, 1.807) is 0 Å². The van der Waals surface area contributed by atoms with Crippen LogP contribution < -0.4 is 15.4 Å². The van der Waals surface area contributed by atoms with Crippen molar-refractivity contribution in [2.45, 2.75) is 51.8 Å². The summed E-state index contributed by atoms with van der Waals surface area (Å²) in [6, 6.07) is 8.36. The van der Waals surface area contributed by atoms with Crippen LogP contribution in [0.15, 0.2) is 29.3 Å². The third kappa shape index (κ3) is 5.65. The minimum atomic E-state index is -0.239. The van der Waals surface area contributed by atoms with Gasteiger partial charge in [0.05, 0.1) is 6.04 Å². The molecule has 0 saturated heterocycles. The summed E-state index contributed by atoms with van der Waals surface area (Å²) in [5, 5.41) is 15.5. The summed E-state index contributed by atoms with van der Waals surface area (Å²) in [5.74, 6) is 4.59. The Hall–Kier alpha value is -2.22. The Balaban J connectivity index is 1.78. The van der Waals surface area contributed by atoms with Crippen molar-refractivity contribution in [3.05, 3.63) is 41.5 Å². The molecule has 0 spiro atoms. The summed E-state index contributed by atoms with van der Waals surface area (Å²) in [5.41, 5.74) is 0.927. The molecular formula is C21H32N6OS. The zero-order valence-electron chi connectivity index (χ0n) is 18.0. The topological polar surface area (TPSA) is 76.4 Å². The average Bonchev–Trinajstić information content (AvgIpc) is 3.00. The zero-order valence-corrected chi connectivity index (χ0v) is 18.8. The van der Waals surface area contributed by atoms with Crippen LogP contribution >= 0.6 is 11.8 Å². The maximum Gasteiger partial charge on any atom is 0.192 e. The summed E-state index contributed by atoms with van der Waals surface area (Å²) >= 11 is 1.86. The average molecular weight is 417 g/mol. The molecule has 8 heteroatoms. The first-order chi connectivity index (χ1) is 13.9. The third-order valence-electron chi connectivity index (χ3n) is 5.07. The summed E-state index contributed by atoms with van der Waals surface area (Å²) in [7, 11) is 1.97. The van der Waals surface area contributed by atoms with Gasteiger partial charge in [0.2, 0.25) is 0 Å². The highest BCUT2D eigenvalue weighted by atomic mass is 32.2. The number of fused-ring (bicyclic) bond motifs is 1. The second-order valence-corrected chi connectivity index (χ2v) is 8.95. The fraction of sp³-hybridized carbons (Fsp3) is 0.571. The van der Waals surface area contributed by atoms with Gasteiger partial charge in [-0.05, 0) is 45.3 Å². The Morgan fingerprint density at radius 1 is 1.34 bits per heavy atom. The van der Waals surface area contributed by atoms with Gasteiger partial charge in [0.15, 0.2) is 11.8 Å². The van der Waals surface area contributed by atoms with Gasteiger partial charge in [0.25, 0.3) is 0 Å². The lowest BCUT2D eigenvalue weighted by atomic mass is 9.90. The van der Waals surface area contributed by atoms with E-state index in [0.717, 1.165) is 48.5 Å². The standard InChI is InChI=1S/C21H32N6OS/c1-15-25-26-19(27(15)4)14-23-20(22-11-8-12-29-5)24-17-13-21(2,3)28-18-10-7-6-9-16(17)18/h6-7,9-10,17H,8,11-14H2,1-5H3,(H2,22,23,24). The Kier molecular flexibility index (Phi) is 7.05. The number of benzene rings is 1. The number of aryl methyl sites for hydroxylation is 1. The van der Waals surface area contributed by atoms with Crippen LogP contribution in [0.1, 0.15) is 49.9 Å². The maximum atomic E-state index is 6.17. The van der Waals surface area contributed by atoms with Crippen molar-refractivity contribution in [2.24, 2.45) is 12.0 Å². The van der Waals surface area contributed by atoms with Crippen LogP contribution in [0.4, 0.5) is 0 Å². The number of rotatable bonds is 7. The van der Waals surface area contributed by atoms with E-state index in [4.69, 9.17) is 9.73 Å². The van der Waals surface area contributed by atoms with E-state index >= 15 is 0 Å². The lowest BCUT2D eigenvalue weighted by molar-refractivity contribution is 0.0694. The second-order valence-electron chi connectivity index (χ2n) is 7.96. The fourth-order valence-electron chi connectivity index (χ4n) is 3.41. The third-order valence-corrected chi connectivity index (χ3v) is 5.76. The van der Waals surface area contributed by atoms with Crippen molar-refractivity contribution < 1.29 is 4.74 Å². The highest BCUT2D eigenvalue weighted by Gasteiger charge is 2.34. The molecule has 0 bridgehead atoms. The lowest BCUT2D eigenvalue weighted by Crippen LogP contribution is -2.45. The molecule has 0 radical (unpaired) electrons. The summed E-state index contributed by atoms with van der Waals surface area (Å²) in [6.07, 6.45) is 4.07. The smallest absolute Gasteiger partial charge is 0.192 e. The van der Waals surface area contributed by atoms with E-state index in [1.807, 2.05) is 42.4 Å². The Morgan fingerprint density at radius 3 is 2.86 bits per heavy atom. The molecule has 0 amide bonds. The molecule has 2 N–H and O–H groups in total. The first kappa shape index (κ1) is 21.5. The molecule has 1 unspecified atom stereocenters. The molecule has 1 aliphatic heterocycles. The van der Waals surface area contributed by atoms with Gasteiger partial charge in [0.1, 0.15) is 23.7 Å². The molecule has 2 heterocycles. The van der Waals surface area contributed by atoms with Crippen LogP contribution in [0.5, 0.6) is 5.75 Å². The first-order valence-electron chi connectivity index (χ1n) is 10.1. The SMILES string of the molecule is CSCCCNC(=NCc1nnc(C)n1C)NC1CC(C)(C)Oc2ccccc21. The molecule has 0 fully saturated rings. The van der Waals surface area contributed by atoms with Crippen LogP contribution in [0.3, 0.4) is 0 Å². The van der Waals surface area contributed by atoms with E-state index in [0.29, 0.717) is 6.54 Å². The predicted molar refractivity (Wildman–Crippen MR) is 120 cm³/mol. The van der Waals surface area contributed by atoms with Crippen molar-refractivity contribution in [3.8, 4) is 5.75 Å². The number of hydrogen-bond donors (Lipinski definition) is 2. The number of nitrogens with zero attached hydrogens (tertiary/aromatic N) is 4. The number of guanidine groups is 1. The van der Waals surface area contributed by atoms with Gasteiger partial charge in [-0.15, -0.1) is 10.2 Å². The van der Waals surface area contributed by atoms with Gasteiger partial charge >= 0.3 is 0 Å². The molecule has 1 aromatic carbocycles. The number of nitrogens with one attached hydrogen (secondary N) is 2. The molecule has 0 aliphatic carbocycles. The lowest BCUT2D eigenvalue weighted by Gasteiger charge is -2.38. The summed E-state index contributed by atoms with van der Waals surface area (Å²) in [6.45, 7) is 7.55. The Bertz CT molecular complexity index is 847. The molecule has 1 aliphatic rings. The van der Waals surface area contributed by atoms with Crippen LogP contribution in [0, 0.1) is 6.92 Å². The molecule has 2 aromatic rings. The van der Waals surface area contributed by atoms with Gasteiger partial charge in [0, 0.05) is 25.6 Å². The number of aliphatic imine (C=N–C) groups is 1. The van der Waals surface area contributed by atoms with Gasteiger partial charge < -0.3 is 19.9 Å². The maximum absolute atomic E-state index is 6.17. The van der Waals surface area contributed by atoms with Crippen molar-refractivity contribution in [1.82, 2.24) is 25.4 Å². The van der Waals surface area contributed by atoms with Crippen LogP contribution in [-0.2, 0) is 13.6 Å². The highest BCUT2D eigenvalue weighted by molar-refractivity contribution is 7.98. The van der Waals surface area contributed by atoms with Crippen LogP contribution in [0.2, 0.25) is 0 Å². The molecule has 1 atom stereocenters. The zero-order chi connectivity index (χ0) is 20.9. The number of ether oxygens (including phenoxy) is 1. The fourth-order valence-corrected chi connectivity index (χ4v) is 3.84. The number of aromatic nitrogens is 3. The van der Waals surface area contributed by atoms with Crippen molar-refractivity contribution in [1.29, 1.82) is 0 Å². The molecule has 0 saturated carbocycles. The van der Waals surface area contributed by atoms with E-state index in [-0.39, 0.29) is 11.6 Å². The van der Waals surface area contributed by atoms with Crippen molar-refractivity contribution in [2.75, 3.05) is 18.6 Å². The number of hydrogen-bond acceptors (Lipinski definition) is 5. The number of thioether (sulfide) groups is 1. The van der Waals surface area contributed by atoms with Crippen LogP contribution in [0.25, 0.3) is 0 Å². The predicted octanol–water partition coefficient (Wildman–Crippen LogP) is 3.21. The molecule has 1 aromatic heterocycles. The monoisotopic (exact) mass is 416 g/mol. The Labute approximate surface area is 177 Å². The second kappa shape index (κ2) is 9.52. The van der Waals surface area contributed by atoms with Gasteiger partial charge in [-0.1, -0.05) is 18.2 Å². The van der Waals surface area contributed by atoms with E-state index in [2.05, 4.69) is 53.1 Å². The highest BCUT2D eigenvalue weighted by Crippen LogP contribution is 2.39. The molecule has 7 nitrogen and oxygen atoms in total. The van der Waals surface area contributed by atoms with E-state index in [9.17, 15) is 0 Å². The molecule has 29 heavy (non-hydrogen) atoms. The van der Waals surface area contributed by atoms with Gasteiger partial charge in [-0.25, -0.2) is 4.99 Å². The quantitative estimate of drug-likeness (QED) is 0.410. The number of para-hydroxylation sites is 1. The minimum Gasteiger partial charge on any atom is -0.487 e. The summed E-state index contributed by atoms with van der Waals surface area (Å²) in [4.78, 5) is 4.80. The largest absolute Gasteiger partial charge is 0.487 e. The van der Waals surface area contributed by atoms with Crippen molar-refractivity contribution in [3.63, 3.8) is 0 Å². The van der Waals surface area contributed by atoms with Gasteiger partial charge in [-0.2, -0.15) is 11.8 Å². The summed E-state index contributed by atoms with van der Waals surface area (Å²) < 4.78 is 8.14. The first-order valence-corrected chi connectivity index (χ1v) is 11.5. The van der Waals surface area contributed by atoms with Gasteiger partial charge in [-0.3, -0.25) is 0 Å². The van der Waals surface area contributed by atoms with E-state index < -0.39 is 0 Å². The molecule has 158 valence electrons. The van der Waals surface area contributed by atoms with Crippen LogP contribution in [-0.4, -0.2) is 44.9 Å². The van der Waals surface area contributed by atoms with Crippen molar-refractivity contribution >= 4 is 17.7 Å². The molecule has 3 rings (SSSR count). The molecular weight excluding hydrogens is 384 g/mol. The normalized spacial score (nSPS) is 18.1. The van der Waals surface area contributed by atoms with E-state index in [1.165, 1.54) is 5.56 Å².